The van der Waals surface area contributed by atoms with Crippen LogP contribution in [0.15, 0.2) is 42.5 Å². The third kappa shape index (κ3) is 6.42. The van der Waals surface area contributed by atoms with Gasteiger partial charge in [-0.2, -0.15) is 0 Å². The Hall–Kier alpha value is -2.68. The average molecular weight is 426 g/mol. The molecule has 0 saturated carbocycles. The molecular formula is C20H24F2N2O4S. The van der Waals surface area contributed by atoms with Crippen molar-refractivity contribution in [3.8, 4) is 5.75 Å². The van der Waals surface area contributed by atoms with E-state index in [0.717, 1.165) is 28.3 Å². The summed E-state index contributed by atoms with van der Waals surface area (Å²) >= 11 is 0. The Morgan fingerprint density at radius 1 is 1.14 bits per heavy atom. The summed E-state index contributed by atoms with van der Waals surface area (Å²) in [5, 5.41) is 2.85. The van der Waals surface area contributed by atoms with Crippen molar-refractivity contribution in [3.05, 3.63) is 59.7 Å². The predicted molar refractivity (Wildman–Crippen MR) is 107 cm³/mol. The molecule has 0 aliphatic rings. The van der Waals surface area contributed by atoms with Gasteiger partial charge in [-0.15, -0.1) is 0 Å². The van der Waals surface area contributed by atoms with E-state index in [2.05, 4.69) is 5.32 Å². The van der Waals surface area contributed by atoms with E-state index in [1.54, 1.807) is 19.2 Å². The van der Waals surface area contributed by atoms with Gasteiger partial charge in [-0.25, -0.2) is 17.2 Å². The number of rotatable bonds is 9. The van der Waals surface area contributed by atoms with Gasteiger partial charge in [0, 0.05) is 19.0 Å². The maximum Gasteiger partial charge on any atom is 0.232 e. The third-order valence-corrected chi connectivity index (χ3v) is 5.54. The average Bonchev–Trinajstić information content (AvgIpc) is 2.66. The van der Waals surface area contributed by atoms with Crippen LogP contribution in [0.3, 0.4) is 0 Å². The molecular weight excluding hydrogens is 402 g/mol. The molecule has 0 radical (unpaired) electrons. The van der Waals surface area contributed by atoms with Crippen LogP contribution in [-0.2, 0) is 14.8 Å². The lowest BCUT2D eigenvalue weighted by molar-refractivity contribution is -0.121. The first-order valence-corrected chi connectivity index (χ1v) is 10.8. The van der Waals surface area contributed by atoms with Crippen molar-refractivity contribution in [2.45, 2.75) is 25.8 Å². The zero-order valence-corrected chi connectivity index (χ0v) is 17.3. The van der Waals surface area contributed by atoms with Crippen molar-refractivity contribution in [2.75, 3.05) is 24.2 Å². The largest absolute Gasteiger partial charge is 0.497 e. The number of benzene rings is 2. The summed E-state index contributed by atoms with van der Waals surface area (Å²) in [5.74, 6) is -1.73. The molecule has 0 unspecified atom stereocenters. The van der Waals surface area contributed by atoms with E-state index in [1.807, 2.05) is 19.1 Å². The minimum absolute atomic E-state index is 0.0124. The molecule has 1 N–H and O–H groups in total. The van der Waals surface area contributed by atoms with Gasteiger partial charge in [0.2, 0.25) is 15.9 Å². The van der Waals surface area contributed by atoms with Gasteiger partial charge in [0.25, 0.3) is 0 Å². The number of halogens is 2. The first-order valence-electron chi connectivity index (χ1n) is 8.98. The van der Waals surface area contributed by atoms with E-state index in [1.165, 1.54) is 6.07 Å². The Balaban J connectivity index is 1.94. The molecule has 29 heavy (non-hydrogen) atoms. The lowest BCUT2D eigenvalue weighted by atomic mass is 10.1. The van der Waals surface area contributed by atoms with Crippen LogP contribution in [0, 0.1) is 11.6 Å². The minimum Gasteiger partial charge on any atom is -0.497 e. The Bertz CT molecular complexity index is 949. The second-order valence-electron chi connectivity index (χ2n) is 6.60. The van der Waals surface area contributed by atoms with Crippen molar-refractivity contribution in [2.24, 2.45) is 0 Å². The standard InChI is InChI=1S/C20H24F2N2O4S/c1-14(15-6-9-17(28-2)10-7-15)23-20(25)5-4-12-24(29(3,26)27)16-8-11-18(21)19(22)13-16/h6-11,13-14H,4-5,12H2,1-3H3,(H,23,25)/t14-/m1/s1. The summed E-state index contributed by atoms with van der Waals surface area (Å²) < 4.78 is 56.7. The molecule has 1 amide bonds. The Morgan fingerprint density at radius 3 is 2.34 bits per heavy atom. The summed E-state index contributed by atoms with van der Waals surface area (Å²) in [4.78, 5) is 12.2. The molecule has 0 aliphatic heterocycles. The number of ether oxygens (including phenoxy) is 1. The van der Waals surface area contributed by atoms with Crippen LogP contribution in [0.1, 0.15) is 31.4 Å². The number of hydrogen-bond acceptors (Lipinski definition) is 4. The normalized spacial score (nSPS) is 12.3. The fourth-order valence-corrected chi connectivity index (χ4v) is 3.76. The molecule has 158 valence electrons. The van der Waals surface area contributed by atoms with E-state index in [9.17, 15) is 22.0 Å². The van der Waals surface area contributed by atoms with Gasteiger partial charge in [0.05, 0.1) is 25.1 Å². The first kappa shape index (κ1) is 22.6. The number of nitrogens with one attached hydrogen (secondary N) is 1. The lowest BCUT2D eigenvalue weighted by Crippen LogP contribution is -2.32. The molecule has 0 aromatic heterocycles. The molecule has 9 heteroatoms. The van der Waals surface area contributed by atoms with E-state index >= 15 is 0 Å². The highest BCUT2D eigenvalue weighted by atomic mass is 32.2. The van der Waals surface area contributed by atoms with Crippen LogP contribution in [0.2, 0.25) is 0 Å². The van der Waals surface area contributed by atoms with Crippen molar-refractivity contribution < 1.29 is 26.7 Å². The molecule has 0 saturated heterocycles. The van der Waals surface area contributed by atoms with E-state index in [0.29, 0.717) is 5.75 Å². The van der Waals surface area contributed by atoms with Crippen molar-refractivity contribution in [1.29, 1.82) is 0 Å². The van der Waals surface area contributed by atoms with E-state index < -0.39 is 21.7 Å². The lowest BCUT2D eigenvalue weighted by Gasteiger charge is -2.22. The van der Waals surface area contributed by atoms with Gasteiger partial charge in [-0.05, 0) is 43.2 Å². The molecule has 0 bridgehead atoms. The Labute approximate surface area is 169 Å². The smallest absolute Gasteiger partial charge is 0.232 e. The van der Waals surface area contributed by atoms with Crippen LogP contribution >= 0.6 is 0 Å². The van der Waals surface area contributed by atoms with Gasteiger partial charge in [0.15, 0.2) is 11.6 Å². The maximum absolute atomic E-state index is 13.5. The van der Waals surface area contributed by atoms with Crippen molar-refractivity contribution in [1.82, 2.24) is 5.32 Å². The van der Waals surface area contributed by atoms with Gasteiger partial charge >= 0.3 is 0 Å². The maximum atomic E-state index is 13.5. The quantitative estimate of drug-likeness (QED) is 0.667. The van der Waals surface area contributed by atoms with Crippen LogP contribution in [-0.4, -0.2) is 34.2 Å². The number of sulfonamides is 1. The highest BCUT2D eigenvalue weighted by Crippen LogP contribution is 2.21. The summed E-state index contributed by atoms with van der Waals surface area (Å²) in [6.07, 6.45) is 1.27. The van der Waals surface area contributed by atoms with Gasteiger partial charge < -0.3 is 10.1 Å². The topological polar surface area (TPSA) is 75.7 Å². The van der Waals surface area contributed by atoms with Crippen molar-refractivity contribution >= 4 is 21.6 Å². The number of amides is 1. The van der Waals surface area contributed by atoms with Crippen molar-refractivity contribution in [3.63, 3.8) is 0 Å². The SMILES string of the molecule is COc1ccc([C@@H](C)NC(=O)CCCN(c2ccc(F)c(F)c2)S(C)(=O)=O)cc1. The third-order valence-electron chi connectivity index (χ3n) is 4.35. The second kappa shape index (κ2) is 9.69. The highest BCUT2D eigenvalue weighted by Gasteiger charge is 2.19. The summed E-state index contributed by atoms with van der Waals surface area (Å²) in [7, 11) is -2.15. The van der Waals surface area contributed by atoms with Gasteiger partial charge in [-0.3, -0.25) is 9.10 Å². The first-order chi connectivity index (χ1) is 13.6. The number of methoxy groups -OCH3 is 1. The predicted octanol–water partition coefficient (Wildman–Crippen LogP) is 3.40. The number of carbonyl (C=O) groups excluding carboxylic acids is 1. The molecule has 0 heterocycles. The Kier molecular flexibility index (Phi) is 7.55. The molecule has 0 fully saturated rings. The highest BCUT2D eigenvalue weighted by molar-refractivity contribution is 7.92. The molecule has 1 atom stereocenters. The summed E-state index contributed by atoms with van der Waals surface area (Å²) in [6, 6.07) is 9.93. The second-order valence-corrected chi connectivity index (χ2v) is 8.51. The monoisotopic (exact) mass is 426 g/mol. The summed E-state index contributed by atoms with van der Waals surface area (Å²) in [5.41, 5.74) is 0.914. The Morgan fingerprint density at radius 2 is 1.79 bits per heavy atom. The number of nitrogens with zero attached hydrogens (tertiary/aromatic N) is 1. The molecule has 0 aliphatic carbocycles. The fourth-order valence-electron chi connectivity index (χ4n) is 2.80. The minimum atomic E-state index is -3.72. The number of hydrogen-bond donors (Lipinski definition) is 1. The molecule has 0 spiro atoms. The van der Waals surface area contributed by atoms with E-state index in [-0.39, 0.29) is 37.0 Å². The zero-order chi connectivity index (χ0) is 21.6. The van der Waals surface area contributed by atoms with Crippen LogP contribution < -0.4 is 14.4 Å². The molecule has 6 nitrogen and oxygen atoms in total. The summed E-state index contributed by atoms with van der Waals surface area (Å²) in [6.45, 7) is 1.80. The molecule has 2 rings (SSSR count). The van der Waals surface area contributed by atoms with Crippen LogP contribution in [0.4, 0.5) is 14.5 Å². The van der Waals surface area contributed by atoms with Gasteiger partial charge in [0.1, 0.15) is 5.75 Å². The molecule has 2 aromatic carbocycles. The van der Waals surface area contributed by atoms with Crippen LogP contribution in [0.5, 0.6) is 5.75 Å². The van der Waals surface area contributed by atoms with E-state index in [4.69, 9.17) is 4.74 Å². The number of anilines is 1. The molecule has 2 aromatic rings. The van der Waals surface area contributed by atoms with Gasteiger partial charge in [-0.1, -0.05) is 12.1 Å². The van der Waals surface area contributed by atoms with Crippen LogP contribution in [0.25, 0.3) is 0 Å². The fraction of sp³-hybridized carbons (Fsp3) is 0.350. The number of carbonyl (C=O) groups is 1. The zero-order valence-electron chi connectivity index (χ0n) is 16.5.